The molecule has 1 aliphatic rings. The van der Waals surface area contributed by atoms with Gasteiger partial charge in [0.2, 0.25) is 0 Å². The molecule has 0 radical (unpaired) electrons. The van der Waals surface area contributed by atoms with Gasteiger partial charge in [-0.15, -0.1) is 0 Å². The molecule has 3 rings (SSSR count). The lowest BCUT2D eigenvalue weighted by Crippen LogP contribution is -2.28. The van der Waals surface area contributed by atoms with Crippen molar-refractivity contribution in [3.8, 4) is 0 Å². The van der Waals surface area contributed by atoms with Gasteiger partial charge in [0.05, 0.1) is 6.54 Å². The molecular weight excluding hydrogens is 248 g/mol. The first-order valence-corrected chi connectivity index (χ1v) is 7.30. The summed E-state index contributed by atoms with van der Waals surface area (Å²) in [6.45, 7) is 6.67. The van der Waals surface area contributed by atoms with Crippen LogP contribution in [0.1, 0.15) is 34.6 Å². The van der Waals surface area contributed by atoms with E-state index in [0.29, 0.717) is 6.54 Å². The number of furan rings is 1. The Bertz CT molecular complexity index is 615. The number of nitrogens with two attached hydrogens (primary N) is 1. The summed E-state index contributed by atoms with van der Waals surface area (Å²) in [5, 5.41) is 0. The first-order chi connectivity index (χ1) is 9.67. The highest BCUT2D eigenvalue weighted by atomic mass is 16.3. The second-order valence-electron chi connectivity index (χ2n) is 5.66. The van der Waals surface area contributed by atoms with E-state index in [2.05, 4.69) is 36.1 Å². The molecule has 1 aromatic heterocycles. The van der Waals surface area contributed by atoms with Crippen LogP contribution in [0.25, 0.3) is 0 Å². The Labute approximate surface area is 120 Å². The van der Waals surface area contributed by atoms with Gasteiger partial charge < -0.3 is 15.1 Å². The Morgan fingerprint density at radius 1 is 1.25 bits per heavy atom. The Hall–Kier alpha value is -1.74. The van der Waals surface area contributed by atoms with E-state index in [0.717, 1.165) is 24.6 Å². The third-order valence-electron chi connectivity index (χ3n) is 4.08. The summed E-state index contributed by atoms with van der Waals surface area (Å²) < 4.78 is 5.66. The second-order valence-corrected chi connectivity index (χ2v) is 5.66. The molecule has 0 atom stereocenters. The van der Waals surface area contributed by atoms with Gasteiger partial charge in [-0.1, -0.05) is 17.7 Å². The van der Waals surface area contributed by atoms with E-state index in [1.54, 1.807) is 0 Å². The molecule has 3 nitrogen and oxygen atoms in total. The number of hydrogen-bond donors (Lipinski definition) is 1. The normalized spacial score (nSPS) is 14.4. The van der Waals surface area contributed by atoms with Gasteiger partial charge in [-0.25, -0.2) is 0 Å². The predicted molar refractivity (Wildman–Crippen MR) is 81.9 cm³/mol. The zero-order chi connectivity index (χ0) is 14.1. The Kier molecular flexibility index (Phi) is 3.53. The number of anilines is 1. The summed E-state index contributed by atoms with van der Waals surface area (Å²) in [5.41, 5.74) is 11.1. The molecule has 0 amide bonds. The standard InChI is InChI=1S/C17H22N2O/c1-12-5-6-17-14(8-12)4-3-7-19(17)11-15-9-16(10-18)20-13(15)2/h5-6,8-9H,3-4,7,10-11,18H2,1-2H3. The first kappa shape index (κ1) is 13.3. The van der Waals surface area contributed by atoms with Crippen LogP contribution in [-0.2, 0) is 19.5 Å². The molecule has 0 aliphatic carbocycles. The summed E-state index contributed by atoms with van der Waals surface area (Å²) >= 11 is 0. The third kappa shape index (κ3) is 2.46. The zero-order valence-corrected chi connectivity index (χ0v) is 12.3. The van der Waals surface area contributed by atoms with Crippen LogP contribution in [0.5, 0.6) is 0 Å². The van der Waals surface area contributed by atoms with Gasteiger partial charge in [0.1, 0.15) is 11.5 Å². The lowest BCUT2D eigenvalue weighted by molar-refractivity contribution is 0.482. The fraction of sp³-hybridized carbons (Fsp3) is 0.412. The van der Waals surface area contributed by atoms with Crippen LogP contribution in [-0.4, -0.2) is 6.54 Å². The number of benzene rings is 1. The van der Waals surface area contributed by atoms with Crippen LogP contribution >= 0.6 is 0 Å². The highest BCUT2D eigenvalue weighted by molar-refractivity contribution is 5.57. The molecule has 3 heteroatoms. The Morgan fingerprint density at radius 3 is 2.85 bits per heavy atom. The molecule has 0 unspecified atom stereocenters. The average Bonchev–Trinajstić information content (AvgIpc) is 2.79. The number of fused-ring (bicyclic) bond motifs is 1. The van der Waals surface area contributed by atoms with Crippen LogP contribution in [0, 0.1) is 13.8 Å². The van der Waals surface area contributed by atoms with Crippen LogP contribution < -0.4 is 10.6 Å². The van der Waals surface area contributed by atoms with Crippen LogP contribution in [0.4, 0.5) is 5.69 Å². The minimum absolute atomic E-state index is 0.469. The fourth-order valence-corrected chi connectivity index (χ4v) is 3.02. The van der Waals surface area contributed by atoms with Crippen molar-refractivity contribution in [2.45, 2.75) is 39.8 Å². The first-order valence-electron chi connectivity index (χ1n) is 7.30. The Morgan fingerprint density at radius 2 is 2.10 bits per heavy atom. The molecule has 0 spiro atoms. The number of hydrogen-bond acceptors (Lipinski definition) is 3. The predicted octanol–water partition coefficient (Wildman–Crippen LogP) is 3.31. The van der Waals surface area contributed by atoms with Crippen molar-refractivity contribution >= 4 is 5.69 Å². The summed E-state index contributed by atoms with van der Waals surface area (Å²) in [6.07, 6.45) is 2.41. The van der Waals surface area contributed by atoms with Crippen LogP contribution in [0.15, 0.2) is 28.7 Å². The van der Waals surface area contributed by atoms with E-state index in [-0.39, 0.29) is 0 Å². The number of nitrogens with zero attached hydrogens (tertiary/aromatic N) is 1. The van der Waals surface area contributed by atoms with Gasteiger partial charge in [-0.3, -0.25) is 0 Å². The van der Waals surface area contributed by atoms with E-state index >= 15 is 0 Å². The molecule has 106 valence electrons. The van der Waals surface area contributed by atoms with Crippen molar-refractivity contribution in [3.63, 3.8) is 0 Å². The van der Waals surface area contributed by atoms with Gasteiger partial charge in [-0.05, 0) is 44.4 Å². The highest BCUT2D eigenvalue weighted by Gasteiger charge is 2.18. The van der Waals surface area contributed by atoms with Gasteiger partial charge >= 0.3 is 0 Å². The second kappa shape index (κ2) is 5.33. The maximum absolute atomic E-state index is 5.66. The minimum atomic E-state index is 0.469. The van der Waals surface area contributed by atoms with Gasteiger partial charge in [0, 0.05) is 24.3 Å². The van der Waals surface area contributed by atoms with Crippen molar-refractivity contribution < 1.29 is 4.42 Å². The SMILES string of the molecule is Cc1ccc2c(c1)CCCN2Cc1cc(CN)oc1C. The molecule has 1 aliphatic heterocycles. The minimum Gasteiger partial charge on any atom is -0.465 e. The van der Waals surface area contributed by atoms with Crippen molar-refractivity contribution in [3.05, 3.63) is 52.5 Å². The molecule has 20 heavy (non-hydrogen) atoms. The molecule has 0 saturated heterocycles. The Balaban J connectivity index is 1.87. The summed E-state index contributed by atoms with van der Waals surface area (Å²) in [4.78, 5) is 2.45. The van der Waals surface area contributed by atoms with E-state index < -0.39 is 0 Å². The molecule has 2 aromatic rings. The van der Waals surface area contributed by atoms with Gasteiger partial charge in [-0.2, -0.15) is 0 Å². The van der Waals surface area contributed by atoms with E-state index in [1.165, 1.54) is 35.2 Å². The van der Waals surface area contributed by atoms with Crippen molar-refractivity contribution in [1.29, 1.82) is 0 Å². The zero-order valence-electron chi connectivity index (χ0n) is 12.3. The van der Waals surface area contributed by atoms with Crippen LogP contribution in [0.2, 0.25) is 0 Å². The third-order valence-corrected chi connectivity index (χ3v) is 4.08. The molecule has 0 saturated carbocycles. The summed E-state index contributed by atoms with van der Waals surface area (Å²) in [5.74, 6) is 1.86. The fourth-order valence-electron chi connectivity index (χ4n) is 3.02. The van der Waals surface area contributed by atoms with Gasteiger partial charge in [0.15, 0.2) is 0 Å². The number of aryl methyl sites for hydroxylation is 3. The average molecular weight is 270 g/mol. The number of rotatable bonds is 3. The van der Waals surface area contributed by atoms with E-state index in [4.69, 9.17) is 10.2 Å². The lowest BCUT2D eigenvalue weighted by Gasteiger charge is -2.31. The molecule has 2 heterocycles. The van der Waals surface area contributed by atoms with Crippen molar-refractivity contribution in [2.24, 2.45) is 5.73 Å². The van der Waals surface area contributed by atoms with Crippen LogP contribution in [0.3, 0.4) is 0 Å². The maximum atomic E-state index is 5.66. The molecule has 0 fully saturated rings. The molecule has 2 N–H and O–H groups in total. The molecule has 0 bridgehead atoms. The van der Waals surface area contributed by atoms with Gasteiger partial charge in [0.25, 0.3) is 0 Å². The summed E-state index contributed by atoms with van der Waals surface area (Å²) in [7, 11) is 0. The van der Waals surface area contributed by atoms with Crippen molar-refractivity contribution in [1.82, 2.24) is 0 Å². The van der Waals surface area contributed by atoms with Crippen molar-refractivity contribution in [2.75, 3.05) is 11.4 Å². The monoisotopic (exact) mass is 270 g/mol. The quantitative estimate of drug-likeness (QED) is 0.930. The molecular formula is C17H22N2O. The smallest absolute Gasteiger partial charge is 0.118 e. The maximum Gasteiger partial charge on any atom is 0.118 e. The largest absolute Gasteiger partial charge is 0.465 e. The highest BCUT2D eigenvalue weighted by Crippen LogP contribution is 2.30. The van der Waals surface area contributed by atoms with E-state index in [1.807, 2.05) is 6.92 Å². The van der Waals surface area contributed by atoms with E-state index in [9.17, 15) is 0 Å². The lowest BCUT2D eigenvalue weighted by atomic mass is 9.99. The summed E-state index contributed by atoms with van der Waals surface area (Å²) in [6, 6.07) is 8.86. The topological polar surface area (TPSA) is 42.4 Å². The molecule has 1 aromatic carbocycles.